The summed E-state index contributed by atoms with van der Waals surface area (Å²) in [6, 6.07) is 0. The summed E-state index contributed by atoms with van der Waals surface area (Å²) in [5, 5.41) is 0. The molecule has 1 nitrogen and oxygen atoms in total. The van der Waals surface area contributed by atoms with Gasteiger partial charge in [0.05, 0.1) is 0 Å². The van der Waals surface area contributed by atoms with Crippen LogP contribution in [0, 0.1) is 5.41 Å². The van der Waals surface area contributed by atoms with E-state index in [9.17, 15) is 4.79 Å². The predicted molar refractivity (Wildman–Crippen MR) is 92.7 cm³/mol. The lowest BCUT2D eigenvalue weighted by molar-refractivity contribution is -0.122. The van der Waals surface area contributed by atoms with Gasteiger partial charge in [0.25, 0.3) is 0 Å². The highest BCUT2D eigenvalue weighted by Crippen LogP contribution is 2.44. The van der Waals surface area contributed by atoms with Gasteiger partial charge in [-0.1, -0.05) is 78.1 Å². The second kappa shape index (κ2) is 11.3. The Bertz CT molecular complexity index is 263. The van der Waals surface area contributed by atoms with Crippen molar-refractivity contribution in [1.82, 2.24) is 0 Å². The zero-order valence-electron chi connectivity index (χ0n) is 14.7. The lowest BCUT2D eigenvalue weighted by Crippen LogP contribution is -2.27. The van der Waals surface area contributed by atoms with E-state index < -0.39 is 0 Å². The minimum Gasteiger partial charge on any atom is -0.300 e. The van der Waals surface area contributed by atoms with Gasteiger partial charge in [-0.15, -0.1) is 0 Å². The van der Waals surface area contributed by atoms with Crippen molar-refractivity contribution in [2.24, 2.45) is 5.41 Å². The molecule has 0 spiro atoms. The van der Waals surface area contributed by atoms with Gasteiger partial charge in [-0.05, 0) is 31.1 Å². The van der Waals surface area contributed by atoms with Crippen LogP contribution in [0.2, 0.25) is 0 Å². The molecular formula is C20H38O. The van der Waals surface area contributed by atoms with Gasteiger partial charge >= 0.3 is 0 Å². The zero-order chi connectivity index (χ0) is 15.4. The monoisotopic (exact) mass is 294 g/mol. The SMILES string of the molecule is CCCCCCCCC1(CC(=O)CCCC)CCCCC1. The van der Waals surface area contributed by atoms with Gasteiger partial charge in [0.15, 0.2) is 0 Å². The van der Waals surface area contributed by atoms with Crippen molar-refractivity contribution < 1.29 is 4.79 Å². The third-order valence-electron chi connectivity index (χ3n) is 5.36. The molecule has 124 valence electrons. The van der Waals surface area contributed by atoms with E-state index in [1.807, 2.05) is 0 Å². The van der Waals surface area contributed by atoms with Crippen LogP contribution in [0.5, 0.6) is 0 Å². The molecule has 0 N–H and O–H groups in total. The molecule has 0 saturated heterocycles. The Hall–Kier alpha value is -0.330. The minimum atomic E-state index is 0.397. The second-order valence-electron chi connectivity index (χ2n) is 7.40. The minimum absolute atomic E-state index is 0.397. The number of rotatable bonds is 12. The van der Waals surface area contributed by atoms with Crippen LogP contribution in [-0.2, 0) is 4.79 Å². The first-order valence-corrected chi connectivity index (χ1v) is 9.74. The van der Waals surface area contributed by atoms with Crippen molar-refractivity contribution >= 4 is 5.78 Å². The van der Waals surface area contributed by atoms with E-state index in [0.29, 0.717) is 11.2 Å². The first-order chi connectivity index (χ1) is 10.2. The molecule has 0 radical (unpaired) electrons. The summed E-state index contributed by atoms with van der Waals surface area (Å²) in [6.45, 7) is 4.46. The lowest BCUT2D eigenvalue weighted by atomic mass is 9.67. The summed E-state index contributed by atoms with van der Waals surface area (Å²) in [7, 11) is 0. The van der Waals surface area contributed by atoms with E-state index in [4.69, 9.17) is 0 Å². The summed E-state index contributed by atoms with van der Waals surface area (Å²) in [4.78, 5) is 12.2. The summed E-state index contributed by atoms with van der Waals surface area (Å²) >= 11 is 0. The number of ketones is 1. The van der Waals surface area contributed by atoms with Crippen molar-refractivity contribution in [3.63, 3.8) is 0 Å². The Morgan fingerprint density at radius 3 is 2.10 bits per heavy atom. The van der Waals surface area contributed by atoms with Gasteiger partial charge in [0.2, 0.25) is 0 Å². The molecule has 1 rings (SSSR count). The fourth-order valence-corrected chi connectivity index (χ4v) is 3.98. The smallest absolute Gasteiger partial charge is 0.133 e. The molecule has 0 bridgehead atoms. The third kappa shape index (κ3) is 8.02. The molecule has 1 fully saturated rings. The number of carbonyl (C=O) groups excluding carboxylic acids is 1. The highest BCUT2D eigenvalue weighted by atomic mass is 16.1. The van der Waals surface area contributed by atoms with Crippen LogP contribution in [0.3, 0.4) is 0 Å². The fourth-order valence-electron chi connectivity index (χ4n) is 3.98. The fraction of sp³-hybridized carbons (Fsp3) is 0.950. The maximum atomic E-state index is 12.2. The van der Waals surface area contributed by atoms with Crippen molar-refractivity contribution in [2.45, 2.75) is 117 Å². The van der Waals surface area contributed by atoms with Crippen molar-refractivity contribution in [1.29, 1.82) is 0 Å². The zero-order valence-corrected chi connectivity index (χ0v) is 14.7. The Balaban J connectivity index is 2.33. The molecule has 1 aliphatic rings. The van der Waals surface area contributed by atoms with E-state index in [-0.39, 0.29) is 0 Å². The van der Waals surface area contributed by atoms with E-state index >= 15 is 0 Å². The highest BCUT2D eigenvalue weighted by molar-refractivity contribution is 5.79. The van der Waals surface area contributed by atoms with Gasteiger partial charge in [0, 0.05) is 12.8 Å². The average Bonchev–Trinajstić information content (AvgIpc) is 2.49. The molecule has 0 atom stereocenters. The number of carbonyl (C=O) groups is 1. The molecular weight excluding hydrogens is 256 g/mol. The van der Waals surface area contributed by atoms with Crippen molar-refractivity contribution in [3.05, 3.63) is 0 Å². The quantitative estimate of drug-likeness (QED) is 0.360. The van der Waals surface area contributed by atoms with Gasteiger partial charge in [-0.25, -0.2) is 0 Å². The Morgan fingerprint density at radius 2 is 1.43 bits per heavy atom. The summed E-state index contributed by atoms with van der Waals surface area (Å²) < 4.78 is 0. The van der Waals surface area contributed by atoms with Crippen molar-refractivity contribution in [3.8, 4) is 0 Å². The van der Waals surface area contributed by atoms with Gasteiger partial charge in [0.1, 0.15) is 5.78 Å². The largest absolute Gasteiger partial charge is 0.300 e. The maximum Gasteiger partial charge on any atom is 0.133 e. The normalized spacial score (nSPS) is 17.8. The highest BCUT2D eigenvalue weighted by Gasteiger charge is 2.33. The van der Waals surface area contributed by atoms with E-state index in [0.717, 1.165) is 25.7 Å². The standard InChI is InChI=1S/C20H38O/c1-3-5-7-8-9-11-15-20(16-12-10-13-17-20)18-19(21)14-6-4-2/h3-18H2,1-2H3. The molecule has 0 aliphatic heterocycles. The van der Waals surface area contributed by atoms with E-state index in [1.54, 1.807) is 0 Å². The topological polar surface area (TPSA) is 17.1 Å². The molecule has 0 aromatic carbocycles. The predicted octanol–water partition coefficient (Wildman–Crippen LogP) is 6.84. The summed E-state index contributed by atoms with van der Waals surface area (Å²) in [5.74, 6) is 0.546. The molecule has 21 heavy (non-hydrogen) atoms. The summed E-state index contributed by atoms with van der Waals surface area (Å²) in [6.07, 6.45) is 20.3. The maximum absolute atomic E-state index is 12.2. The van der Waals surface area contributed by atoms with E-state index in [2.05, 4.69) is 13.8 Å². The number of unbranched alkanes of at least 4 members (excludes halogenated alkanes) is 6. The number of Topliss-reactive ketones (excluding diaryl/α,β-unsaturated/α-hetero) is 1. The number of hydrogen-bond acceptors (Lipinski definition) is 1. The van der Waals surface area contributed by atoms with Gasteiger partial charge in [-0.3, -0.25) is 4.79 Å². The van der Waals surface area contributed by atoms with Crippen LogP contribution in [0.1, 0.15) is 117 Å². The summed E-state index contributed by atoms with van der Waals surface area (Å²) in [5.41, 5.74) is 0.397. The molecule has 1 saturated carbocycles. The molecule has 0 heterocycles. The molecule has 0 amide bonds. The molecule has 1 aliphatic carbocycles. The number of hydrogen-bond donors (Lipinski definition) is 0. The Morgan fingerprint density at radius 1 is 0.810 bits per heavy atom. The Kier molecular flexibility index (Phi) is 10.0. The second-order valence-corrected chi connectivity index (χ2v) is 7.40. The van der Waals surface area contributed by atoms with Gasteiger partial charge < -0.3 is 0 Å². The first-order valence-electron chi connectivity index (χ1n) is 9.74. The van der Waals surface area contributed by atoms with Crippen LogP contribution < -0.4 is 0 Å². The molecule has 1 heteroatoms. The molecule has 0 unspecified atom stereocenters. The molecule has 0 aromatic heterocycles. The molecule has 0 aromatic rings. The Labute approximate surface area is 133 Å². The van der Waals surface area contributed by atoms with Crippen LogP contribution in [-0.4, -0.2) is 5.78 Å². The van der Waals surface area contributed by atoms with Crippen LogP contribution >= 0.6 is 0 Å². The van der Waals surface area contributed by atoms with Crippen LogP contribution in [0.15, 0.2) is 0 Å². The van der Waals surface area contributed by atoms with E-state index in [1.165, 1.54) is 77.0 Å². The average molecular weight is 295 g/mol. The van der Waals surface area contributed by atoms with Crippen molar-refractivity contribution in [2.75, 3.05) is 0 Å². The first kappa shape index (κ1) is 18.7. The third-order valence-corrected chi connectivity index (χ3v) is 5.36. The van der Waals surface area contributed by atoms with Gasteiger partial charge in [-0.2, -0.15) is 0 Å². The van der Waals surface area contributed by atoms with Crippen LogP contribution in [0.25, 0.3) is 0 Å². The lowest BCUT2D eigenvalue weighted by Gasteiger charge is -2.37. The van der Waals surface area contributed by atoms with Crippen LogP contribution in [0.4, 0.5) is 0 Å².